The maximum absolute atomic E-state index is 12.6. The molecule has 0 spiro atoms. The van der Waals surface area contributed by atoms with Gasteiger partial charge in [0.2, 0.25) is 0 Å². The van der Waals surface area contributed by atoms with Gasteiger partial charge in [0.1, 0.15) is 6.10 Å². The van der Waals surface area contributed by atoms with Crippen LogP contribution in [-0.2, 0) is 19.6 Å². The third-order valence-corrected chi connectivity index (χ3v) is 6.75. The first-order chi connectivity index (χ1) is 13.4. The van der Waals surface area contributed by atoms with Gasteiger partial charge in [-0.05, 0) is 50.1 Å². The van der Waals surface area contributed by atoms with E-state index < -0.39 is 16.1 Å². The van der Waals surface area contributed by atoms with Crippen LogP contribution < -0.4 is 10.0 Å². The standard InChI is InChI=1S/C19H19N3O4S2/c1-12-4-7-14(8-5-12)28(24,25)22-13-6-9-15-17(11-13)27-19(20-15)21-18(23)16-3-2-10-26-16/h4-9,11,16,22H,2-3,10H2,1H3,(H,20,21,23). The van der Waals surface area contributed by atoms with Gasteiger partial charge in [0.15, 0.2) is 5.13 Å². The number of thiazole rings is 1. The average Bonchev–Trinajstić information content (AvgIpc) is 3.30. The van der Waals surface area contributed by atoms with Gasteiger partial charge in [-0.15, -0.1) is 0 Å². The fraction of sp³-hybridized carbons (Fsp3) is 0.263. The second kappa shape index (κ2) is 7.50. The highest BCUT2D eigenvalue weighted by Gasteiger charge is 2.24. The summed E-state index contributed by atoms with van der Waals surface area (Å²) in [7, 11) is -3.67. The molecule has 9 heteroatoms. The van der Waals surface area contributed by atoms with Crippen molar-refractivity contribution in [1.82, 2.24) is 4.98 Å². The summed E-state index contributed by atoms with van der Waals surface area (Å²) in [5.74, 6) is -0.197. The zero-order chi connectivity index (χ0) is 19.7. The monoisotopic (exact) mass is 417 g/mol. The van der Waals surface area contributed by atoms with Gasteiger partial charge < -0.3 is 4.74 Å². The Labute approximate surface area is 166 Å². The van der Waals surface area contributed by atoms with E-state index in [0.29, 0.717) is 29.4 Å². The number of carbonyl (C=O) groups is 1. The third-order valence-electron chi connectivity index (χ3n) is 4.42. The first-order valence-corrected chi connectivity index (χ1v) is 11.1. The lowest BCUT2D eigenvalue weighted by Crippen LogP contribution is -2.26. The van der Waals surface area contributed by atoms with Gasteiger partial charge in [0.25, 0.3) is 15.9 Å². The van der Waals surface area contributed by atoms with E-state index >= 15 is 0 Å². The van der Waals surface area contributed by atoms with Crippen LogP contribution in [0.1, 0.15) is 18.4 Å². The number of carbonyl (C=O) groups excluding carboxylic acids is 1. The highest BCUT2D eigenvalue weighted by molar-refractivity contribution is 7.92. The third kappa shape index (κ3) is 4.01. The molecule has 1 aliphatic rings. The number of anilines is 2. The summed E-state index contributed by atoms with van der Waals surface area (Å²) >= 11 is 1.29. The maximum atomic E-state index is 12.6. The molecule has 0 bridgehead atoms. The second-order valence-corrected chi connectivity index (χ2v) is 9.32. The second-order valence-electron chi connectivity index (χ2n) is 6.61. The first-order valence-electron chi connectivity index (χ1n) is 8.83. The van der Waals surface area contributed by atoms with E-state index in [4.69, 9.17) is 4.74 Å². The van der Waals surface area contributed by atoms with E-state index in [0.717, 1.165) is 16.7 Å². The molecule has 0 radical (unpaired) electrons. The molecule has 1 aliphatic heterocycles. The molecular weight excluding hydrogens is 398 g/mol. The number of hydrogen-bond donors (Lipinski definition) is 2. The smallest absolute Gasteiger partial charge is 0.261 e. The molecule has 2 N–H and O–H groups in total. The number of aryl methyl sites for hydroxylation is 1. The van der Waals surface area contributed by atoms with E-state index in [-0.39, 0.29) is 10.8 Å². The molecule has 146 valence electrons. The first kappa shape index (κ1) is 18.9. The Morgan fingerprint density at radius 2 is 2.00 bits per heavy atom. The molecule has 1 atom stereocenters. The lowest BCUT2D eigenvalue weighted by molar-refractivity contribution is -0.124. The van der Waals surface area contributed by atoms with Crippen molar-refractivity contribution in [3.05, 3.63) is 48.0 Å². The summed E-state index contributed by atoms with van der Waals surface area (Å²) in [5.41, 5.74) is 2.11. The fourth-order valence-corrected chi connectivity index (χ4v) is 4.90. The molecule has 1 aromatic heterocycles. The molecule has 0 saturated carbocycles. The summed E-state index contributed by atoms with van der Waals surface area (Å²) in [6.07, 6.45) is 1.16. The van der Waals surface area contributed by atoms with Crippen molar-refractivity contribution in [1.29, 1.82) is 0 Å². The van der Waals surface area contributed by atoms with Gasteiger partial charge in [-0.1, -0.05) is 29.0 Å². The van der Waals surface area contributed by atoms with Gasteiger partial charge in [-0.2, -0.15) is 0 Å². The van der Waals surface area contributed by atoms with Crippen LogP contribution in [0.15, 0.2) is 47.4 Å². The Bertz CT molecular complexity index is 1120. The molecule has 1 unspecified atom stereocenters. The Hall–Kier alpha value is -2.49. The number of benzene rings is 2. The van der Waals surface area contributed by atoms with Crippen molar-refractivity contribution in [2.24, 2.45) is 0 Å². The van der Waals surface area contributed by atoms with Crippen molar-refractivity contribution in [2.75, 3.05) is 16.6 Å². The minimum absolute atomic E-state index is 0.197. The maximum Gasteiger partial charge on any atom is 0.261 e. The molecule has 28 heavy (non-hydrogen) atoms. The summed E-state index contributed by atoms with van der Waals surface area (Å²) < 4.78 is 33.8. The summed E-state index contributed by atoms with van der Waals surface area (Å²) in [6.45, 7) is 2.50. The Balaban J connectivity index is 1.52. The SMILES string of the molecule is Cc1ccc(S(=O)(=O)Nc2ccc3nc(NC(=O)C4CCCO4)sc3c2)cc1. The number of aromatic nitrogens is 1. The predicted octanol–water partition coefficient (Wildman–Crippen LogP) is 3.52. The van der Waals surface area contributed by atoms with E-state index in [1.54, 1.807) is 42.5 Å². The number of nitrogens with zero attached hydrogens (tertiary/aromatic N) is 1. The van der Waals surface area contributed by atoms with Crippen LogP contribution in [0.25, 0.3) is 10.2 Å². The summed E-state index contributed by atoms with van der Waals surface area (Å²) in [5, 5.41) is 3.24. The number of fused-ring (bicyclic) bond motifs is 1. The number of nitrogens with one attached hydrogen (secondary N) is 2. The molecule has 2 aromatic carbocycles. The summed E-state index contributed by atoms with van der Waals surface area (Å²) in [4.78, 5) is 16.8. The van der Waals surface area contributed by atoms with Crippen LogP contribution in [0.5, 0.6) is 0 Å². The predicted molar refractivity (Wildman–Crippen MR) is 109 cm³/mol. The Morgan fingerprint density at radius 3 is 2.71 bits per heavy atom. The minimum atomic E-state index is -3.67. The van der Waals surface area contributed by atoms with Gasteiger partial charge >= 0.3 is 0 Å². The van der Waals surface area contributed by atoms with Crippen LogP contribution in [0.3, 0.4) is 0 Å². The molecule has 0 aliphatic carbocycles. The van der Waals surface area contributed by atoms with Crippen molar-refractivity contribution >= 4 is 48.3 Å². The van der Waals surface area contributed by atoms with Crippen molar-refractivity contribution in [3.63, 3.8) is 0 Å². The highest BCUT2D eigenvalue weighted by Crippen LogP contribution is 2.30. The zero-order valence-electron chi connectivity index (χ0n) is 15.1. The van der Waals surface area contributed by atoms with E-state index in [2.05, 4.69) is 15.0 Å². The Kier molecular flexibility index (Phi) is 5.05. The van der Waals surface area contributed by atoms with Crippen LogP contribution in [0, 0.1) is 6.92 Å². The van der Waals surface area contributed by atoms with Gasteiger partial charge in [0.05, 0.1) is 20.8 Å². The number of amides is 1. The zero-order valence-corrected chi connectivity index (χ0v) is 16.8. The van der Waals surface area contributed by atoms with Gasteiger partial charge in [-0.25, -0.2) is 13.4 Å². The summed E-state index contributed by atoms with van der Waals surface area (Å²) in [6, 6.07) is 11.7. The van der Waals surface area contributed by atoms with Gasteiger partial charge in [-0.3, -0.25) is 14.8 Å². The van der Waals surface area contributed by atoms with Crippen molar-refractivity contribution < 1.29 is 17.9 Å². The average molecular weight is 418 g/mol. The fourth-order valence-electron chi connectivity index (χ4n) is 2.94. The highest BCUT2D eigenvalue weighted by atomic mass is 32.2. The number of hydrogen-bond acceptors (Lipinski definition) is 6. The molecule has 1 amide bonds. The number of sulfonamides is 1. The molecule has 1 saturated heterocycles. The molecule has 7 nitrogen and oxygen atoms in total. The van der Waals surface area contributed by atoms with E-state index in [1.807, 2.05) is 6.92 Å². The van der Waals surface area contributed by atoms with Crippen LogP contribution in [-0.4, -0.2) is 32.0 Å². The van der Waals surface area contributed by atoms with Crippen LogP contribution >= 0.6 is 11.3 Å². The van der Waals surface area contributed by atoms with Crippen LogP contribution in [0.2, 0.25) is 0 Å². The minimum Gasteiger partial charge on any atom is -0.368 e. The largest absolute Gasteiger partial charge is 0.368 e. The van der Waals surface area contributed by atoms with Crippen LogP contribution in [0.4, 0.5) is 10.8 Å². The number of rotatable bonds is 5. The van der Waals surface area contributed by atoms with Gasteiger partial charge in [0, 0.05) is 6.61 Å². The van der Waals surface area contributed by atoms with E-state index in [1.165, 1.54) is 11.3 Å². The Morgan fingerprint density at radius 1 is 1.21 bits per heavy atom. The number of ether oxygens (including phenoxy) is 1. The quantitative estimate of drug-likeness (QED) is 0.662. The molecule has 2 heterocycles. The molecule has 4 rings (SSSR count). The normalized spacial score (nSPS) is 17.0. The lowest BCUT2D eigenvalue weighted by Gasteiger charge is -2.08. The molecule has 3 aromatic rings. The molecule has 1 fully saturated rings. The van der Waals surface area contributed by atoms with E-state index in [9.17, 15) is 13.2 Å². The molecular formula is C19H19N3O4S2. The topological polar surface area (TPSA) is 97.4 Å². The lowest BCUT2D eigenvalue weighted by atomic mass is 10.2. The van der Waals surface area contributed by atoms with Crippen molar-refractivity contribution in [3.8, 4) is 0 Å². The van der Waals surface area contributed by atoms with Crippen molar-refractivity contribution in [2.45, 2.75) is 30.8 Å².